The number of benzene rings is 1. The lowest BCUT2D eigenvalue weighted by atomic mass is 9.95. The molecule has 0 unspecified atom stereocenters. The van der Waals surface area contributed by atoms with E-state index in [1.165, 1.54) is 0 Å². The zero-order valence-corrected chi connectivity index (χ0v) is 12.2. The van der Waals surface area contributed by atoms with Gasteiger partial charge in [0.25, 0.3) is 5.91 Å². The molecule has 20 heavy (non-hydrogen) atoms. The molecule has 2 aromatic rings. The maximum absolute atomic E-state index is 12.6. The van der Waals surface area contributed by atoms with Crippen molar-refractivity contribution in [2.45, 2.75) is 27.7 Å². The van der Waals surface area contributed by atoms with Gasteiger partial charge in [0, 0.05) is 16.5 Å². The van der Waals surface area contributed by atoms with E-state index in [0.29, 0.717) is 11.3 Å². The smallest absolute Gasteiger partial charge is 0.267 e. The fraction of sp³-hybridized carbons (Fsp3) is 0.333. The molecule has 0 aliphatic heterocycles. The maximum atomic E-state index is 12.6. The second-order valence-corrected chi connectivity index (χ2v) is 5.84. The first-order valence-electron chi connectivity index (χ1n) is 6.45. The highest BCUT2D eigenvalue weighted by Crippen LogP contribution is 2.29. The number of nitrogens with two attached hydrogens (primary N) is 1. The number of carbonyl (C=O) groups excluding carboxylic acids is 2. The highest BCUT2D eigenvalue weighted by molar-refractivity contribution is 6.11. The van der Waals surface area contributed by atoms with Crippen LogP contribution in [-0.2, 0) is 0 Å². The normalized spacial score (nSPS) is 11.7. The van der Waals surface area contributed by atoms with Crippen molar-refractivity contribution in [2.24, 2.45) is 11.3 Å². The van der Waals surface area contributed by atoms with E-state index in [0.717, 1.165) is 10.9 Å². The summed E-state index contributed by atoms with van der Waals surface area (Å²) in [5.74, 6) is 4.80. The van der Waals surface area contributed by atoms with Crippen LogP contribution in [0.1, 0.15) is 41.6 Å². The largest absolute Gasteiger partial charge is 0.290 e. The lowest BCUT2D eigenvalue weighted by Crippen LogP contribution is -2.31. The zero-order chi connectivity index (χ0) is 15.1. The summed E-state index contributed by atoms with van der Waals surface area (Å²) in [4.78, 5) is 24.6. The summed E-state index contributed by atoms with van der Waals surface area (Å²) in [5.41, 5.74) is 3.38. The summed E-state index contributed by atoms with van der Waals surface area (Å²) in [6, 6.07) is 7.33. The molecule has 1 amide bonds. The zero-order valence-electron chi connectivity index (χ0n) is 12.2. The average Bonchev–Trinajstić information content (AvgIpc) is 2.68. The first-order chi connectivity index (χ1) is 9.29. The van der Waals surface area contributed by atoms with Crippen LogP contribution in [0.2, 0.25) is 0 Å². The molecule has 2 rings (SSSR count). The number of hydrogen-bond donors (Lipinski definition) is 2. The molecule has 0 saturated heterocycles. The van der Waals surface area contributed by atoms with Crippen LogP contribution in [0, 0.1) is 12.3 Å². The molecule has 1 heterocycles. The van der Waals surface area contributed by atoms with Crippen LogP contribution in [0.4, 0.5) is 0 Å². The van der Waals surface area contributed by atoms with Crippen molar-refractivity contribution < 1.29 is 9.59 Å². The highest BCUT2D eigenvalue weighted by Gasteiger charge is 2.29. The molecule has 5 nitrogen and oxygen atoms in total. The predicted octanol–water partition coefficient (Wildman–Crippen LogP) is 2.24. The molecule has 0 aliphatic carbocycles. The van der Waals surface area contributed by atoms with E-state index in [4.69, 9.17) is 5.84 Å². The Morgan fingerprint density at radius 3 is 2.35 bits per heavy atom. The van der Waals surface area contributed by atoms with E-state index in [-0.39, 0.29) is 11.8 Å². The Kier molecular flexibility index (Phi) is 3.39. The molecule has 3 N–H and O–H groups in total. The highest BCUT2D eigenvalue weighted by atomic mass is 16.2. The van der Waals surface area contributed by atoms with Gasteiger partial charge in [-0.3, -0.25) is 19.6 Å². The molecule has 0 atom stereocenters. The first kappa shape index (κ1) is 14.3. The molecule has 5 heteroatoms. The molecule has 1 aromatic heterocycles. The van der Waals surface area contributed by atoms with E-state index in [1.54, 1.807) is 11.5 Å². The van der Waals surface area contributed by atoms with Crippen LogP contribution < -0.4 is 11.3 Å². The lowest BCUT2D eigenvalue weighted by Gasteiger charge is -2.19. The van der Waals surface area contributed by atoms with Gasteiger partial charge >= 0.3 is 0 Å². The second kappa shape index (κ2) is 4.76. The Bertz CT molecular complexity index is 693. The average molecular weight is 273 g/mol. The Balaban J connectivity index is 2.83. The van der Waals surface area contributed by atoms with Gasteiger partial charge in [0.15, 0.2) is 0 Å². The molecule has 1 aromatic carbocycles. The van der Waals surface area contributed by atoms with Crippen molar-refractivity contribution in [1.82, 2.24) is 9.99 Å². The number of nitrogens with zero attached hydrogens (tertiary/aromatic N) is 1. The Morgan fingerprint density at radius 1 is 1.20 bits per heavy atom. The fourth-order valence-corrected chi connectivity index (χ4v) is 2.32. The minimum absolute atomic E-state index is 0.0535. The van der Waals surface area contributed by atoms with Gasteiger partial charge in [0.05, 0.1) is 11.1 Å². The van der Waals surface area contributed by atoms with Gasteiger partial charge in [-0.1, -0.05) is 39.0 Å². The Morgan fingerprint density at radius 2 is 1.80 bits per heavy atom. The molecule has 0 bridgehead atoms. The molecular weight excluding hydrogens is 254 g/mol. The van der Waals surface area contributed by atoms with Crippen LogP contribution in [-0.4, -0.2) is 16.4 Å². The number of hydrazine groups is 1. The van der Waals surface area contributed by atoms with Gasteiger partial charge in [0.2, 0.25) is 5.91 Å². The molecular formula is C15H19N3O2. The van der Waals surface area contributed by atoms with Crippen LogP contribution in [0.15, 0.2) is 24.3 Å². The van der Waals surface area contributed by atoms with Crippen molar-refractivity contribution in [3.63, 3.8) is 0 Å². The quantitative estimate of drug-likeness (QED) is 0.475. The first-order valence-corrected chi connectivity index (χ1v) is 6.45. The molecule has 0 fully saturated rings. The fourth-order valence-electron chi connectivity index (χ4n) is 2.32. The standard InChI is InChI=1S/C15H19N3O2/c1-9-12(13(19)17-16)10-7-5-6-8-11(10)18(9)14(20)15(2,3)4/h5-8H,16H2,1-4H3,(H,17,19). The van der Waals surface area contributed by atoms with E-state index in [1.807, 2.05) is 45.0 Å². The van der Waals surface area contributed by atoms with E-state index >= 15 is 0 Å². The molecule has 0 aliphatic rings. The number of nitrogen functional groups attached to an aromatic ring is 1. The Labute approximate surface area is 117 Å². The summed E-state index contributed by atoms with van der Waals surface area (Å²) in [6.07, 6.45) is 0. The number of carbonyl (C=O) groups is 2. The summed E-state index contributed by atoms with van der Waals surface area (Å²) in [5, 5.41) is 0.727. The van der Waals surface area contributed by atoms with Crippen molar-refractivity contribution in [2.75, 3.05) is 0 Å². The van der Waals surface area contributed by atoms with E-state index in [2.05, 4.69) is 5.43 Å². The van der Waals surface area contributed by atoms with Crippen LogP contribution in [0.3, 0.4) is 0 Å². The lowest BCUT2D eigenvalue weighted by molar-refractivity contribution is 0.0770. The van der Waals surface area contributed by atoms with Gasteiger partial charge in [-0.25, -0.2) is 5.84 Å². The van der Waals surface area contributed by atoms with Gasteiger partial charge in [-0.15, -0.1) is 0 Å². The van der Waals surface area contributed by atoms with Crippen LogP contribution in [0.25, 0.3) is 10.9 Å². The molecule has 106 valence electrons. The SMILES string of the molecule is Cc1c(C(=O)NN)c2ccccc2n1C(=O)C(C)(C)C. The van der Waals surface area contributed by atoms with Crippen molar-refractivity contribution in [1.29, 1.82) is 0 Å². The number of aromatic nitrogens is 1. The number of amides is 1. The van der Waals surface area contributed by atoms with Crippen molar-refractivity contribution in [3.8, 4) is 0 Å². The molecule has 0 radical (unpaired) electrons. The number of hydrogen-bond acceptors (Lipinski definition) is 3. The third kappa shape index (κ3) is 2.10. The third-order valence-electron chi connectivity index (χ3n) is 3.31. The van der Waals surface area contributed by atoms with E-state index < -0.39 is 5.41 Å². The molecule has 0 spiro atoms. The summed E-state index contributed by atoms with van der Waals surface area (Å²) < 4.78 is 1.60. The Hall–Kier alpha value is -2.14. The number of fused-ring (bicyclic) bond motifs is 1. The predicted molar refractivity (Wildman–Crippen MR) is 78.4 cm³/mol. The van der Waals surface area contributed by atoms with E-state index in [9.17, 15) is 9.59 Å². The monoisotopic (exact) mass is 273 g/mol. The number of rotatable bonds is 1. The minimum Gasteiger partial charge on any atom is -0.290 e. The summed E-state index contributed by atoms with van der Waals surface area (Å²) in [7, 11) is 0. The van der Waals surface area contributed by atoms with Gasteiger partial charge in [-0.05, 0) is 13.0 Å². The summed E-state index contributed by atoms with van der Waals surface area (Å²) >= 11 is 0. The number of nitrogens with one attached hydrogen (secondary N) is 1. The minimum atomic E-state index is -0.539. The van der Waals surface area contributed by atoms with Crippen LogP contribution >= 0.6 is 0 Å². The van der Waals surface area contributed by atoms with Crippen molar-refractivity contribution in [3.05, 3.63) is 35.5 Å². The van der Waals surface area contributed by atoms with Gasteiger partial charge in [-0.2, -0.15) is 0 Å². The van der Waals surface area contributed by atoms with Gasteiger partial charge in [0.1, 0.15) is 0 Å². The number of para-hydroxylation sites is 1. The second-order valence-electron chi connectivity index (χ2n) is 5.84. The van der Waals surface area contributed by atoms with Gasteiger partial charge < -0.3 is 0 Å². The topological polar surface area (TPSA) is 77.1 Å². The van der Waals surface area contributed by atoms with Crippen LogP contribution in [0.5, 0.6) is 0 Å². The third-order valence-corrected chi connectivity index (χ3v) is 3.31. The maximum Gasteiger partial charge on any atom is 0.267 e. The molecule has 0 saturated carbocycles. The summed E-state index contributed by atoms with van der Waals surface area (Å²) in [6.45, 7) is 7.32. The van der Waals surface area contributed by atoms with Crippen molar-refractivity contribution >= 4 is 22.7 Å².